The number of carbonyl (C=O) groups is 2. The van der Waals surface area contributed by atoms with Crippen molar-refractivity contribution in [3.05, 3.63) is 12.7 Å². The van der Waals surface area contributed by atoms with Gasteiger partial charge in [-0.2, -0.15) is 0 Å². The molecule has 2 saturated carbocycles. The summed E-state index contributed by atoms with van der Waals surface area (Å²) in [6, 6.07) is 0. The minimum Gasteiger partial charge on any atom is -0.463 e. The maximum atomic E-state index is 12.8. The number of carbonyl (C=O) groups excluding carboxylic acids is 2. The van der Waals surface area contributed by atoms with Crippen molar-refractivity contribution in [2.24, 2.45) is 11.3 Å². The zero-order chi connectivity index (χ0) is 22.6. The lowest BCUT2D eigenvalue weighted by Crippen LogP contribution is -2.46. The summed E-state index contributed by atoms with van der Waals surface area (Å²) in [5, 5.41) is 0. The number of hydrogen-bond donors (Lipinski definition) is 0. The Hall–Kier alpha value is -1.40. The van der Waals surface area contributed by atoms with E-state index in [1.165, 1.54) is 12.8 Å². The molecule has 2 fully saturated rings. The van der Waals surface area contributed by atoms with Crippen molar-refractivity contribution in [2.45, 2.75) is 103 Å². The van der Waals surface area contributed by atoms with Gasteiger partial charge in [-0.05, 0) is 79.6 Å². The van der Waals surface area contributed by atoms with Crippen LogP contribution in [0.4, 0.5) is 0 Å². The maximum absolute atomic E-state index is 12.8. The molecule has 0 radical (unpaired) electrons. The fourth-order valence-electron chi connectivity index (χ4n) is 3.64. The molecule has 0 bridgehead atoms. The third-order valence-corrected chi connectivity index (χ3v) is 6.22. The molecular weight excluding hydrogens is 384 g/mol. The van der Waals surface area contributed by atoms with E-state index < -0.39 is 17.0 Å². The van der Waals surface area contributed by atoms with Crippen molar-refractivity contribution in [2.75, 3.05) is 13.2 Å². The van der Waals surface area contributed by atoms with Gasteiger partial charge in [-0.25, -0.2) is 4.79 Å². The first-order valence-electron chi connectivity index (χ1n) is 11.2. The lowest BCUT2D eigenvalue weighted by Gasteiger charge is -2.38. The Morgan fingerprint density at radius 2 is 1.50 bits per heavy atom. The Morgan fingerprint density at radius 1 is 0.900 bits per heavy atom. The quantitative estimate of drug-likeness (QED) is 0.274. The summed E-state index contributed by atoms with van der Waals surface area (Å²) < 4.78 is 23.2. The zero-order valence-electron chi connectivity index (χ0n) is 19.6. The van der Waals surface area contributed by atoms with Gasteiger partial charge in [0.05, 0.1) is 23.7 Å². The molecule has 0 aromatic rings. The van der Waals surface area contributed by atoms with Crippen LogP contribution in [0.25, 0.3) is 0 Å². The van der Waals surface area contributed by atoms with Gasteiger partial charge in [0, 0.05) is 0 Å². The molecule has 0 heterocycles. The van der Waals surface area contributed by atoms with Crippen molar-refractivity contribution in [1.82, 2.24) is 0 Å². The molecule has 2 aliphatic carbocycles. The summed E-state index contributed by atoms with van der Waals surface area (Å²) in [7, 11) is 0. The highest BCUT2D eigenvalue weighted by Crippen LogP contribution is 2.43. The Labute approximate surface area is 181 Å². The molecule has 2 atom stereocenters. The van der Waals surface area contributed by atoms with Crippen LogP contribution in [0.2, 0.25) is 0 Å². The van der Waals surface area contributed by atoms with Crippen LogP contribution in [0.15, 0.2) is 12.7 Å². The average molecular weight is 425 g/mol. The van der Waals surface area contributed by atoms with Gasteiger partial charge in [0.1, 0.15) is 12.7 Å². The number of hydrogen-bond acceptors (Lipinski definition) is 6. The molecule has 0 aromatic carbocycles. The largest absolute Gasteiger partial charge is 0.463 e. The topological polar surface area (TPSA) is 71.1 Å². The van der Waals surface area contributed by atoms with Crippen molar-refractivity contribution >= 4 is 11.9 Å². The lowest BCUT2D eigenvalue weighted by atomic mass is 9.92. The average Bonchev–Trinajstić information content (AvgIpc) is 3.52. The summed E-state index contributed by atoms with van der Waals surface area (Å²) in [5.74, 6) is -0.184. The van der Waals surface area contributed by atoms with E-state index in [9.17, 15) is 9.59 Å². The first kappa shape index (κ1) is 24.9. The molecule has 0 amide bonds. The van der Waals surface area contributed by atoms with E-state index in [0.717, 1.165) is 25.7 Å². The lowest BCUT2D eigenvalue weighted by molar-refractivity contribution is -0.195. The fourth-order valence-corrected chi connectivity index (χ4v) is 3.64. The minimum absolute atomic E-state index is 0.0670. The molecule has 0 saturated heterocycles. The van der Waals surface area contributed by atoms with E-state index in [4.69, 9.17) is 18.9 Å². The summed E-state index contributed by atoms with van der Waals surface area (Å²) in [4.78, 5) is 24.8. The van der Waals surface area contributed by atoms with Crippen LogP contribution in [0.5, 0.6) is 0 Å². The van der Waals surface area contributed by atoms with E-state index >= 15 is 0 Å². The first-order valence-corrected chi connectivity index (χ1v) is 11.2. The normalized spacial score (nSPS) is 23.0. The van der Waals surface area contributed by atoms with Gasteiger partial charge in [0.2, 0.25) is 0 Å². The Balaban J connectivity index is 1.83. The molecule has 2 rings (SSSR count). The van der Waals surface area contributed by atoms with E-state index in [1.54, 1.807) is 33.8 Å². The van der Waals surface area contributed by atoms with E-state index in [2.05, 4.69) is 20.4 Å². The van der Waals surface area contributed by atoms with Crippen molar-refractivity contribution in [1.29, 1.82) is 0 Å². The summed E-state index contributed by atoms with van der Waals surface area (Å²) in [5.41, 5.74) is -2.06. The molecule has 2 aliphatic rings. The minimum atomic E-state index is -1.13. The van der Waals surface area contributed by atoms with Gasteiger partial charge in [-0.15, -0.1) is 6.58 Å². The van der Waals surface area contributed by atoms with Crippen molar-refractivity contribution < 1.29 is 28.5 Å². The van der Waals surface area contributed by atoms with Crippen molar-refractivity contribution in [3.8, 4) is 0 Å². The molecule has 0 aromatic heterocycles. The van der Waals surface area contributed by atoms with Gasteiger partial charge in [0.25, 0.3) is 0 Å². The number of esters is 2. The highest BCUT2D eigenvalue weighted by atomic mass is 16.6. The van der Waals surface area contributed by atoms with Crippen LogP contribution in [-0.4, -0.2) is 48.6 Å². The predicted octanol–water partition coefficient (Wildman–Crippen LogP) is 4.60. The molecule has 0 spiro atoms. The highest BCUT2D eigenvalue weighted by molar-refractivity contribution is 5.79. The van der Waals surface area contributed by atoms with E-state index in [-0.39, 0.29) is 37.0 Å². The second kappa shape index (κ2) is 9.82. The van der Waals surface area contributed by atoms with E-state index in [1.807, 2.05) is 0 Å². The first-order chi connectivity index (χ1) is 13.9. The van der Waals surface area contributed by atoms with Gasteiger partial charge in [-0.1, -0.05) is 12.5 Å². The molecule has 30 heavy (non-hydrogen) atoms. The summed E-state index contributed by atoms with van der Waals surface area (Å²) in [6.45, 7) is 14.9. The van der Waals surface area contributed by atoms with E-state index in [0.29, 0.717) is 5.92 Å². The second-order valence-electron chi connectivity index (χ2n) is 10.2. The van der Waals surface area contributed by atoms with Crippen LogP contribution in [-0.2, 0) is 28.5 Å². The smallest absolute Gasteiger partial charge is 0.338 e. The number of rotatable bonds is 11. The van der Waals surface area contributed by atoms with Gasteiger partial charge in [0.15, 0.2) is 5.60 Å². The molecule has 172 valence electrons. The van der Waals surface area contributed by atoms with Crippen molar-refractivity contribution in [3.63, 3.8) is 0 Å². The van der Waals surface area contributed by atoms with Crippen LogP contribution >= 0.6 is 0 Å². The SMILES string of the molecule is C=CC(C)(C)C(=O)OCCOC(C)(C)C(=O)OC1CCCCC1OC(C)(C)C1CC1. The maximum Gasteiger partial charge on any atom is 0.338 e. The molecular formula is C24H40O6. The molecule has 6 heteroatoms. The third kappa shape index (κ3) is 6.81. The van der Waals surface area contributed by atoms with Crippen LogP contribution in [0.3, 0.4) is 0 Å². The molecule has 2 unspecified atom stereocenters. The monoisotopic (exact) mass is 424 g/mol. The molecule has 0 aliphatic heterocycles. The predicted molar refractivity (Wildman–Crippen MR) is 115 cm³/mol. The molecule has 0 N–H and O–H groups in total. The molecule has 6 nitrogen and oxygen atoms in total. The standard InChI is InChI=1S/C24H40O6/c1-8-22(2,3)20(25)27-15-16-28-24(6,7)21(26)29-18-11-9-10-12-19(18)30-23(4,5)17-13-14-17/h8,17-19H,1,9-16H2,2-7H3. The summed E-state index contributed by atoms with van der Waals surface area (Å²) >= 11 is 0. The van der Waals surface area contributed by atoms with Gasteiger partial charge >= 0.3 is 11.9 Å². The summed E-state index contributed by atoms with van der Waals surface area (Å²) in [6.07, 6.45) is 7.47. The van der Waals surface area contributed by atoms with Crippen LogP contribution in [0.1, 0.15) is 80.1 Å². The highest BCUT2D eigenvalue weighted by Gasteiger charge is 2.43. The Bertz CT molecular complexity index is 617. The third-order valence-electron chi connectivity index (χ3n) is 6.22. The fraction of sp³-hybridized carbons (Fsp3) is 0.833. The van der Waals surface area contributed by atoms with Gasteiger partial charge < -0.3 is 18.9 Å². The van der Waals surface area contributed by atoms with Crippen LogP contribution < -0.4 is 0 Å². The van der Waals surface area contributed by atoms with Crippen LogP contribution in [0, 0.1) is 11.3 Å². The second-order valence-corrected chi connectivity index (χ2v) is 10.2. The van der Waals surface area contributed by atoms with Gasteiger partial charge in [-0.3, -0.25) is 4.79 Å². The Morgan fingerprint density at radius 3 is 2.07 bits per heavy atom. The number of ether oxygens (including phenoxy) is 4. The zero-order valence-corrected chi connectivity index (χ0v) is 19.6. The Kier molecular flexibility index (Phi) is 8.14.